The molecule has 0 unspecified atom stereocenters. The second-order valence-electron chi connectivity index (χ2n) is 3.95. The summed E-state index contributed by atoms with van der Waals surface area (Å²) in [6, 6.07) is 0. The van der Waals surface area contributed by atoms with Crippen LogP contribution in [0, 0.1) is 0 Å². The smallest absolute Gasteiger partial charge is 0.320 e. The molecule has 0 bridgehead atoms. The number of ether oxygens (including phenoxy) is 2. The molecule has 0 aromatic heterocycles. The van der Waals surface area contributed by atoms with Crippen molar-refractivity contribution in [3.8, 4) is 0 Å². The van der Waals surface area contributed by atoms with Crippen molar-refractivity contribution < 1.29 is 32.0 Å². The van der Waals surface area contributed by atoms with Gasteiger partial charge in [-0.25, -0.2) is 8.42 Å². The van der Waals surface area contributed by atoms with E-state index >= 15 is 0 Å². The van der Waals surface area contributed by atoms with Crippen molar-refractivity contribution in [1.82, 2.24) is 0 Å². The lowest BCUT2D eigenvalue weighted by molar-refractivity contribution is -0.150. The molecule has 0 aromatic rings. The van der Waals surface area contributed by atoms with Gasteiger partial charge in [-0.1, -0.05) is 26.2 Å². The van der Waals surface area contributed by atoms with E-state index in [1.807, 2.05) is 0 Å². The molecule has 8 heteroatoms. The molecule has 0 radical (unpaired) electrons. The van der Waals surface area contributed by atoms with Crippen LogP contribution in [-0.2, 0) is 29.2 Å². The Morgan fingerprint density at radius 1 is 1.00 bits per heavy atom. The third-order valence-electron chi connectivity index (χ3n) is 2.14. The van der Waals surface area contributed by atoms with Gasteiger partial charge < -0.3 is 14.0 Å². The topological polar surface area (TPSA) is 110 Å². The fourth-order valence-corrected chi connectivity index (χ4v) is 1.64. The molecule has 112 valence electrons. The largest absolute Gasteiger partial charge is 0.748 e. The zero-order valence-corrected chi connectivity index (χ0v) is 11.7. The summed E-state index contributed by atoms with van der Waals surface area (Å²) in [5.41, 5.74) is 0. The highest BCUT2D eigenvalue weighted by molar-refractivity contribution is 7.86. The highest BCUT2D eigenvalue weighted by Crippen LogP contribution is 2.03. The third kappa shape index (κ3) is 13.1. The van der Waals surface area contributed by atoms with Gasteiger partial charge in [0.2, 0.25) is 0 Å². The van der Waals surface area contributed by atoms with Crippen LogP contribution in [0.4, 0.5) is 0 Å². The summed E-state index contributed by atoms with van der Waals surface area (Å²) in [6.07, 6.45) is 4.16. The summed E-state index contributed by atoms with van der Waals surface area (Å²) in [5.74, 6) is -2.74. The van der Waals surface area contributed by atoms with Gasteiger partial charge in [0.25, 0.3) is 0 Å². The number of esters is 2. The SMILES string of the molecule is CCCCCCC(=O)OCCOC(=O)CS(=O)(=O)[O-]. The van der Waals surface area contributed by atoms with Crippen LogP contribution in [0.1, 0.15) is 39.0 Å². The van der Waals surface area contributed by atoms with Gasteiger partial charge in [-0.3, -0.25) is 9.59 Å². The molecule has 0 N–H and O–H groups in total. The molecule has 0 aliphatic carbocycles. The molecule has 0 amide bonds. The van der Waals surface area contributed by atoms with Crippen LogP contribution in [0.3, 0.4) is 0 Å². The van der Waals surface area contributed by atoms with Gasteiger partial charge in [0.15, 0.2) is 0 Å². The third-order valence-corrected chi connectivity index (χ3v) is 2.73. The molecule has 19 heavy (non-hydrogen) atoms. The van der Waals surface area contributed by atoms with Crippen LogP contribution < -0.4 is 0 Å². The zero-order valence-electron chi connectivity index (χ0n) is 10.9. The van der Waals surface area contributed by atoms with Gasteiger partial charge in [0.05, 0.1) is 0 Å². The minimum Gasteiger partial charge on any atom is -0.748 e. The number of rotatable bonds is 10. The first-order valence-corrected chi connectivity index (χ1v) is 7.67. The van der Waals surface area contributed by atoms with E-state index in [1.165, 1.54) is 0 Å². The van der Waals surface area contributed by atoms with Gasteiger partial charge in [-0.15, -0.1) is 0 Å². The lowest BCUT2D eigenvalue weighted by Gasteiger charge is -2.08. The van der Waals surface area contributed by atoms with Crippen molar-refractivity contribution in [2.24, 2.45) is 0 Å². The Bertz CT molecular complexity index is 375. The Morgan fingerprint density at radius 3 is 2.11 bits per heavy atom. The van der Waals surface area contributed by atoms with Crippen LogP contribution in [0.15, 0.2) is 0 Å². The van der Waals surface area contributed by atoms with Crippen LogP contribution in [0.2, 0.25) is 0 Å². The second-order valence-corrected chi connectivity index (χ2v) is 5.36. The van der Waals surface area contributed by atoms with E-state index in [9.17, 15) is 22.6 Å². The maximum atomic E-state index is 11.2. The summed E-state index contributed by atoms with van der Waals surface area (Å²) in [4.78, 5) is 22.0. The van der Waals surface area contributed by atoms with Crippen molar-refractivity contribution >= 4 is 22.1 Å². The molecule has 0 rings (SSSR count). The molecule has 0 fully saturated rings. The quantitative estimate of drug-likeness (QED) is 0.329. The molecule has 0 aromatic carbocycles. The maximum Gasteiger partial charge on any atom is 0.320 e. The predicted octanol–water partition coefficient (Wildman–Crippen LogP) is 0.588. The van der Waals surface area contributed by atoms with Gasteiger partial charge in [-0.2, -0.15) is 0 Å². The molecule has 0 heterocycles. The van der Waals surface area contributed by atoms with E-state index < -0.39 is 21.8 Å². The van der Waals surface area contributed by atoms with Crippen LogP contribution in [-0.4, -0.2) is 43.9 Å². The van der Waals surface area contributed by atoms with E-state index in [1.54, 1.807) is 0 Å². The van der Waals surface area contributed by atoms with Gasteiger partial charge in [0, 0.05) is 6.42 Å². The average molecular weight is 295 g/mol. The van der Waals surface area contributed by atoms with Crippen molar-refractivity contribution in [3.05, 3.63) is 0 Å². The van der Waals surface area contributed by atoms with E-state index in [0.717, 1.165) is 25.7 Å². The molecule has 0 saturated carbocycles. The molecule has 0 saturated heterocycles. The average Bonchev–Trinajstić information content (AvgIpc) is 2.28. The van der Waals surface area contributed by atoms with Crippen molar-refractivity contribution in [2.45, 2.75) is 39.0 Å². The number of carbonyl (C=O) groups excluding carboxylic acids is 2. The van der Waals surface area contributed by atoms with E-state index in [0.29, 0.717) is 6.42 Å². The van der Waals surface area contributed by atoms with Crippen molar-refractivity contribution in [2.75, 3.05) is 19.0 Å². The molecule has 0 aliphatic rings. The first-order valence-electron chi connectivity index (χ1n) is 6.10. The minimum atomic E-state index is -4.63. The fourth-order valence-electron chi connectivity index (χ4n) is 1.27. The second kappa shape index (κ2) is 9.74. The molecular formula is C11H19O7S-. The number of unbranched alkanes of at least 4 members (excludes halogenated alkanes) is 3. The molecule has 0 spiro atoms. The summed E-state index contributed by atoms with van der Waals surface area (Å²) in [6.45, 7) is 1.67. The normalized spacial score (nSPS) is 11.1. The predicted molar refractivity (Wildman–Crippen MR) is 65.2 cm³/mol. The van der Waals surface area contributed by atoms with Gasteiger partial charge in [0.1, 0.15) is 29.1 Å². The summed E-state index contributed by atoms with van der Waals surface area (Å²) >= 11 is 0. The fraction of sp³-hybridized carbons (Fsp3) is 0.818. The standard InChI is InChI=1S/C11H20O7S/c1-2-3-4-5-6-10(12)17-7-8-18-11(13)9-19(14,15)16/h2-9H2,1H3,(H,14,15,16)/p-1. The molecular weight excluding hydrogens is 276 g/mol. The van der Waals surface area contributed by atoms with Crippen LogP contribution in [0.25, 0.3) is 0 Å². The van der Waals surface area contributed by atoms with E-state index in [4.69, 9.17) is 4.74 Å². The highest BCUT2D eigenvalue weighted by Gasteiger charge is 2.08. The van der Waals surface area contributed by atoms with Crippen LogP contribution >= 0.6 is 0 Å². The summed E-state index contributed by atoms with van der Waals surface area (Å²) in [5, 5.41) is 0. The number of hydrogen-bond acceptors (Lipinski definition) is 7. The Balaban J connectivity index is 3.53. The van der Waals surface area contributed by atoms with Crippen molar-refractivity contribution in [3.63, 3.8) is 0 Å². The number of carbonyl (C=O) groups is 2. The first kappa shape index (κ1) is 17.8. The van der Waals surface area contributed by atoms with Gasteiger partial charge in [-0.05, 0) is 6.42 Å². The van der Waals surface area contributed by atoms with Gasteiger partial charge >= 0.3 is 11.9 Å². The minimum absolute atomic E-state index is 0.142. The molecule has 0 atom stereocenters. The monoisotopic (exact) mass is 295 g/mol. The highest BCUT2D eigenvalue weighted by atomic mass is 32.2. The Labute approximate surface area is 113 Å². The van der Waals surface area contributed by atoms with Crippen molar-refractivity contribution in [1.29, 1.82) is 0 Å². The molecule has 0 aliphatic heterocycles. The Kier molecular flexibility index (Phi) is 9.15. The Morgan fingerprint density at radius 2 is 1.58 bits per heavy atom. The summed E-state index contributed by atoms with van der Waals surface area (Å²) < 4.78 is 39.8. The maximum absolute atomic E-state index is 11.2. The first-order chi connectivity index (χ1) is 8.85. The Hall–Kier alpha value is -1.15. The lowest BCUT2D eigenvalue weighted by Crippen LogP contribution is -2.20. The van der Waals surface area contributed by atoms with Crippen LogP contribution in [0.5, 0.6) is 0 Å². The van der Waals surface area contributed by atoms with E-state index in [-0.39, 0.29) is 19.2 Å². The summed E-state index contributed by atoms with van der Waals surface area (Å²) in [7, 11) is -4.63. The number of hydrogen-bond donors (Lipinski definition) is 0. The lowest BCUT2D eigenvalue weighted by atomic mass is 10.2. The molecule has 7 nitrogen and oxygen atoms in total. The van der Waals surface area contributed by atoms with E-state index in [2.05, 4.69) is 11.7 Å². The zero-order chi connectivity index (χ0) is 14.7.